The molecular weight excluding hydrogens is 731 g/mol. The van der Waals surface area contributed by atoms with Crippen LogP contribution in [0, 0.1) is 0 Å². The lowest BCUT2D eigenvalue weighted by Gasteiger charge is -2.24. The Labute approximate surface area is 368 Å². The number of ether oxygens (including phenoxy) is 1. The topological polar surface area (TPSA) is 95.9 Å². The van der Waals surface area contributed by atoms with Gasteiger partial charge in [0.1, 0.15) is 6.10 Å². The SMILES string of the molecule is CCCCCCCC/C=C/CCCCCCCCCCCC(=O)OC(CCCCCCCCCCCCCC)CC(=O)NC(CO)C(O)CCCCCCCCCCC. The fourth-order valence-corrected chi connectivity index (χ4v) is 8.31. The van der Waals surface area contributed by atoms with Crippen LogP contribution in [0.25, 0.3) is 0 Å². The van der Waals surface area contributed by atoms with Crippen molar-refractivity contribution in [2.24, 2.45) is 0 Å². The van der Waals surface area contributed by atoms with E-state index in [-0.39, 0.29) is 24.9 Å². The van der Waals surface area contributed by atoms with Crippen LogP contribution in [0.2, 0.25) is 0 Å². The minimum atomic E-state index is -0.780. The Morgan fingerprint density at radius 2 is 0.814 bits per heavy atom. The number of carbonyl (C=O) groups excluding carboxylic acids is 2. The van der Waals surface area contributed by atoms with E-state index in [0.717, 1.165) is 44.9 Å². The van der Waals surface area contributed by atoms with Gasteiger partial charge in [-0.05, 0) is 51.4 Å². The minimum absolute atomic E-state index is 0.0838. The van der Waals surface area contributed by atoms with E-state index < -0.39 is 18.2 Å². The number of aliphatic hydroxyl groups is 2. The molecule has 0 aromatic heterocycles. The standard InChI is InChI=1S/C53H103NO5/c1-4-7-10-13-16-19-21-23-24-25-26-27-28-29-31-34-37-40-43-46-53(58)59-49(44-41-38-35-33-30-22-20-17-14-11-8-5-2)47-52(57)54-50(48-55)51(56)45-42-39-36-32-18-15-12-9-6-3/h23-24,49-51,55-56H,4-22,25-48H2,1-3H3,(H,54,57)/b24-23+. The third-order valence-electron chi connectivity index (χ3n) is 12.3. The molecule has 3 atom stereocenters. The molecule has 0 aromatic carbocycles. The molecule has 0 saturated heterocycles. The second-order valence-corrected chi connectivity index (χ2v) is 18.3. The van der Waals surface area contributed by atoms with E-state index >= 15 is 0 Å². The second kappa shape index (κ2) is 47.6. The molecule has 3 unspecified atom stereocenters. The number of hydrogen-bond acceptors (Lipinski definition) is 5. The van der Waals surface area contributed by atoms with Gasteiger partial charge in [-0.15, -0.1) is 0 Å². The summed E-state index contributed by atoms with van der Waals surface area (Å²) in [5, 5.41) is 23.7. The maximum atomic E-state index is 13.2. The largest absolute Gasteiger partial charge is 0.462 e. The molecule has 0 aliphatic heterocycles. The van der Waals surface area contributed by atoms with Crippen molar-refractivity contribution in [1.29, 1.82) is 0 Å². The van der Waals surface area contributed by atoms with Gasteiger partial charge in [0, 0.05) is 6.42 Å². The lowest BCUT2D eigenvalue weighted by atomic mass is 10.0. The Morgan fingerprint density at radius 1 is 0.475 bits per heavy atom. The number of rotatable bonds is 48. The highest BCUT2D eigenvalue weighted by atomic mass is 16.5. The molecule has 6 heteroatoms. The maximum absolute atomic E-state index is 13.2. The van der Waals surface area contributed by atoms with E-state index in [9.17, 15) is 19.8 Å². The number of nitrogens with one attached hydrogen (secondary N) is 1. The van der Waals surface area contributed by atoms with Crippen molar-refractivity contribution in [1.82, 2.24) is 5.32 Å². The van der Waals surface area contributed by atoms with E-state index in [0.29, 0.717) is 19.3 Å². The molecule has 0 aliphatic carbocycles. The van der Waals surface area contributed by atoms with Gasteiger partial charge >= 0.3 is 5.97 Å². The van der Waals surface area contributed by atoms with Gasteiger partial charge in [-0.1, -0.05) is 238 Å². The van der Waals surface area contributed by atoms with Crippen molar-refractivity contribution >= 4 is 11.9 Å². The van der Waals surface area contributed by atoms with Crippen LogP contribution < -0.4 is 5.32 Å². The molecule has 0 aliphatic rings. The molecule has 0 bridgehead atoms. The third kappa shape index (κ3) is 43.1. The van der Waals surface area contributed by atoms with Crippen molar-refractivity contribution in [2.45, 2.75) is 309 Å². The van der Waals surface area contributed by atoms with Crippen LogP contribution in [-0.4, -0.2) is 46.9 Å². The third-order valence-corrected chi connectivity index (χ3v) is 12.3. The summed E-state index contributed by atoms with van der Waals surface area (Å²) in [5.41, 5.74) is 0. The summed E-state index contributed by atoms with van der Waals surface area (Å²) in [7, 11) is 0. The Morgan fingerprint density at radius 3 is 1.20 bits per heavy atom. The fourth-order valence-electron chi connectivity index (χ4n) is 8.31. The molecule has 0 heterocycles. The zero-order valence-corrected chi connectivity index (χ0v) is 39.9. The molecule has 0 spiro atoms. The quantitative estimate of drug-likeness (QED) is 0.0322. The van der Waals surface area contributed by atoms with Crippen LogP contribution in [0.15, 0.2) is 12.2 Å². The number of carbonyl (C=O) groups is 2. The zero-order valence-electron chi connectivity index (χ0n) is 39.9. The Kier molecular flexibility index (Phi) is 46.5. The van der Waals surface area contributed by atoms with E-state index in [4.69, 9.17) is 4.74 Å². The van der Waals surface area contributed by atoms with Crippen molar-refractivity contribution in [3.63, 3.8) is 0 Å². The summed E-state index contributed by atoms with van der Waals surface area (Å²) >= 11 is 0. The van der Waals surface area contributed by atoms with E-state index in [1.165, 1.54) is 199 Å². The predicted molar refractivity (Wildman–Crippen MR) is 255 cm³/mol. The lowest BCUT2D eigenvalue weighted by molar-refractivity contribution is -0.151. The number of allylic oxidation sites excluding steroid dienone is 2. The smallest absolute Gasteiger partial charge is 0.306 e. The van der Waals surface area contributed by atoms with Crippen molar-refractivity contribution < 1.29 is 24.5 Å². The average Bonchev–Trinajstić information content (AvgIpc) is 3.23. The normalized spacial score (nSPS) is 13.2. The number of hydrogen-bond donors (Lipinski definition) is 3. The van der Waals surface area contributed by atoms with Gasteiger partial charge in [0.25, 0.3) is 0 Å². The molecule has 59 heavy (non-hydrogen) atoms. The van der Waals surface area contributed by atoms with Crippen molar-refractivity contribution in [2.75, 3.05) is 6.61 Å². The van der Waals surface area contributed by atoms with Gasteiger partial charge in [-0.25, -0.2) is 0 Å². The van der Waals surface area contributed by atoms with E-state index in [1.807, 2.05) is 0 Å². The Bertz CT molecular complexity index is 893. The maximum Gasteiger partial charge on any atom is 0.306 e. The molecule has 1 amide bonds. The summed E-state index contributed by atoms with van der Waals surface area (Å²) < 4.78 is 5.94. The van der Waals surface area contributed by atoms with E-state index in [1.54, 1.807) is 0 Å². The average molecular weight is 834 g/mol. The minimum Gasteiger partial charge on any atom is -0.462 e. The Hall–Kier alpha value is -1.40. The molecule has 350 valence electrons. The molecule has 3 N–H and O–H groups in total. The van der Waals surface area contributed by atoms with Gasteiger partial charge < -0.3 is 20.3 Å². The summed E-state index contributed by atoms with van der Waals surface area (Å²) in [5.74, 6) is -0.459. The molecule has 6 nitrogen and oxygen atoms in total. The van der Waals surface area contributed by atoms with Crippen LogP contribution >= 0.6 is 0 Å². The molecule has 0 saturated carbocycles. The van der Waals surface area contributed by atoms with E-state index in [2.05, 4.69) is 38.2 Å². The molecule has 0 aromatic rings. The lowest BCUT2D eigenvalue weighted by Crippen LogP contribution is -2.46. The number of aliphatic hydroxyl groups excluding tert-OH is 2. The molecule has 0 radical (unpaired) electrons. The zero-order chi connectivity index (χ0) is 43.1. The van der Waals surface area contributed by atoms with Gasteiger partial charge in [0.15, 0.2) is 0 Å². The second-order valence-electron chi connectivity index (χ2n) is 18.3. The number of unbranched alkanes of at least 4 members (excludes halogenated alkanes) is 34. The Balaban J connectivity index is 4.44. The monoisotopic (exact) mass is 834 g/mol. The highest BCUT2D eigenvalue weighted by Gasteiger charge is 2.24. The van der Waals surface area contributed by atoms with Gasteiger partial charge in [0.2, 0.25) is 5.91 Å². The molecular formula is C53H103NO5. The highest BCUT2D eigenvalue weighted by Crippen LogP contribution is 2.18. The molecule has 0 fully saturated rings. The van der Waals surface area contributed by atoms with Gasteiger partial charge in [-0.3, -0.25) is 9.59 Å². The first-order chi connectivity index (χ1) is 29.0. The predicted octanol–water partition coefficient (Wildman–Crippen LogP) is 15.7. The van der Waals surface area contributed by atoms with Gasteiger partial charge in [-0.2, -0.15) is 0 Å². The summed E-state index contributed by atoms with van der Waals surface area (Å²) in [6, 6.07) is -0.693. The van der Waals surface area contributed by atoms with Crippen LogP contribution in [0.4, 0.5) is 0 Å². The summed E-state index contributed by atoms with van der Waals surface area (Å²) in [4.78, 5) is 26.1. The van der Waals surface area contributed by atoms with Gasteiger partial charge in [0.05, 0.1) is 25.2 Å². The summed E-state index contributed by atoms with van der Waals surface area (Å²) in [6.07, 6.45) is 52.8. The first-order valence-electron chi connectivity index (χ1n) is 26.4. The van der Waals surface area contributed by atoms with Crippen LogP contribution in [0.3, 0.4) is 0 Å². The van der Waals surface area contributed by atoms with Crippen LogP contribution in [0.1, 0.15) is 290 Å². The first kappa shape index (κ1) is 57.6. The highest BCUT2D eigenvalue weighted by molar-refractivity contribution is 5.77. The van der Waals surface area contributed by atoms with Crippen LogP contribution in [0.5, 0.6) is 0 Å². The first-order valence-corrected chi connectivity index (χ1v) is 26.4. The number of esters is 1. The van der Waals surface area contributed by atoms with Crippen LogP contribution in [-0.2, 0) is 14.3 Å². The fraction of sp³-hybridized carbons (Fsp3) is 0.925. The van der Waals surface area contributed by atoms with Crippen molar-refractivity contribution in [3.8, 4) is 0 Å². The molecule has 0 rings (SSSR count). The number of amides is 1. The van der Waals surface area contributed by atoms with Crippen molar-refractivity contribution in [3.05, 3.63) is 12.2 Å². The summed E-state index contributed by atoms with van der Waals surface area (Å²) in [6.45, 7) is 6.48.